The number of aliphatic carboxylic acids is 1. The number of carboxylic acid groups (broad SMARTS) is 1. The minimum Gasteiger partial charge on any atom is -0.480 e. The Bertz CT molecular complexity index is 215. The van der Waals surface area contributed by atoms with Crippen LogP contribution in [0.5, 0.6) is 0 Å². The summed E-state index contributed by atoms with van der Waals surface area (Å²) in [5.41, 5.74) is 0. The van der Waals surface area contributed by atoms with Crippen molar-refractivity contribution in [3.05, 3.63) is 11.5 Å². The molecular weight excluding hydrogens is 190 g/mol. The average Bonchev–Trinajstić information content (AvgIpc) is 2.02. The second-order valence-corrected chi connectivity index (χ2v) is 3.33. The largest absolute Gasteiger partial charge is 0.480 e. The maximum atomic E-state index is 10.6. The predicted molar refractivity (Wildman–Crippen MR) is 52.5 cm³/mol. The van der Waals surface area contributed by atoms with E-state index in [1.165, 1.54) is 18.7 Å². The van der Waals surface area contributed by atoms with E-state index in [0.717, 1.165) is 0 Å². The molecule has 0 aromatic heterocycles. The van der Waals surface area contributed by atoms with Crippen molar-refractivity contribution in [3.8, 4) is 0 Å². The zero-order valence-corrected chi connectivity index (χ0v) is 8.43. The van der Waals surface area contributed by atoms with Gasteiger partial charge in [0.1, 0.15) is 6.04 Å². The van der Waals surface area contributed by atoms with Crippen molar-refractivity contribution in [3.63, 3.8) is 0 Å². The summed E-state index contributed by atoms with van der Waals surface area (Å²) < 4.78 is 0. The number of hydrogen-bond acceptors (Lipinski definition) is 3. The van der Waals surface area contributed by atoms with Crippen molar-refractivity contribution < 1.29 is 14.7 Å². The quantitative estimate of drug-likeness (QED) is 0.695. The van der Waals surface area contributed by atoms with Crippen LogP contribution in [-0.2, 0) is 9.59 Å². The molecule has 0 radical (unpaired) electrons. The van der Waals surface area contributed by atoms with Gasteiger partial charge in [0.25, 0.3) is 0 Å². The van der Waals surface area contributed by atoms with E-state index in [2.05, 4.69) is 5.32 Å². The van der Waals surface area contributed by atoms with E-state index in [1.807, 2.05) is 13.0 Å². The molecular formula is C8H13NO3S. The van der Waals surface area contributed by atoms with Gasteiger partial charge in [0.2, 0.25) is 5.91 Å². The molecule has 0 aliphatic carbocycles. The Balaban J connectivity index is 3.95. The SMILES string of the molecule is CC=CSC[C@H](NC(C)=O)C(=O)O. The van der Waals surface area contributed by atoms with Gasteiger partial charge in [0.05, 0.1) is 0 Å². The van der Waals surface area contributed by atoms with Crippen molar-refractivity contribution in [2.75, 3.05) is 5.75 Å². The fourth-order valence-corrected chi connectivity index (χ4v) is 1.39. The van der Waals surface area contributed by atoms with Crippen LogP contribution < -0.4 is 5.32 Å². The fraction of sp³-hybridized carbons (Fsp3) is 0.500. The van der Waals surface area contributed by atoms with Gasteiger partial charge < -0.3 is 10.4 Å². The Labute approximate surface area is 81.4 Å². The summed E-state index contributed by atoms with van der Waals surface area (Å²) in [6, 6.07) is -0.807. The van der Waals surface area contributed by atoms with E-state index >= 15 is 0 Å². The van der Waals surface area contributed by atoms with Gasteiger partial charge in [-0.15, -0.1) is 11.8 Å². The second kappa shape index (κ2) is 6.54. The van der Waals surface area contributed by atoms with Crippen LogP contribution in [0.4, 0.5) is 0 Å². The molecule has 1 atom stereocenters. The highest BCUT2D eigenvalue weighted by Gasteiger charge is 2.17. The average molecular weight is 203 g/mol. The maximum Gasteiger partial charge on any atom is 0.327 e. The third-order valence-corrected chi connectivity index (χ3v) is 2.16. The maximum absolute atomic E-state index is 10.6. The van der Waals surface area contributed by atoms with E-state index < -0.39 is 12.0 Å². The van der Waals surface area contributed by atoms with E-state index in [9.17, 15) is 9.59 Å². The number of carboxylic acids is 1. The van der Waals surface area contributed by atoms with Gasteiger partial charge in [-0.1, -0.05) is 6.08 Å². The van der Waals surface area contributed by atoms with Crippen molar-refractivity contribution in [2.24, 2.45) is 0 Å². The lowest BCUT2D eigenvalue weighted by molar-refractivity contribution is -0.140. The molecule has 0 rings (SSSR count). The molecule has 0 unspecified atom stereocenters. The van der Waals surface area contributed by atoms with E-state index in [-0.39, 0.29) is 5.91 Å². The van der Waals surface area contributed by atoms with Crippen molar-refractivity contribution >= 4 is 23.6 Å². The highest BCUT2D eigenvalue weighted by atomic mass is 32.2. The highest BCUT2D eigenvalue weighted by molar-refractivity contribution is 8.02. The molecule has 0 aliphatic rings. The zero-order valence-electron chi connectivity index (χ0n) is 7.61. The number of carbonyl (C=O) groups excluding carboxylic acids is 1. The van der Waals surface area contributed by atoms with Crippen molar-refractivity contribution in [1.82, 2.24) is 5.32 Å². The van der Waals surface area contributed by atoms with Crippen LogP contribution in [0.15, 0.2) is 11.5 Å². The fourth-order valence-electron chi connectivity index (χ4n) is 0.668. The predicted octanol–water partition coefficient (Wildman–Crippen LogP) is 0.843. The smallest absolute Gasteiger partial charge is 0.327 e. The molecule has 0 aromatic rings. The third kappa shape index (κ3) is 6.21. The number of nitrogens with one attached hydrogen (secondary N) is 1. The molecule has 74 valence electrons. The van der Waals surface area contributed by atoms with E-state index in [1.54, 1.807) is 5.41 Å². The van der Waals surface area contributed by atoms with Crippen LogP contribution >= 0.6 is 11.8 Å². The first kappa shape index (κ1) is 12.0. The Hall–Kier alpha value is -0.970. The lowest BCUT2D eigenvalue weighted by Gasteiger charge is -2.10. The van der Waals surface area contributed by atoms with E-state index in [0.29, 0.717) is 5.75 Å². The van der Waals surface area contributed by atoms with Gasteiger partial charge in [-0.3, -0.25) is 4.79 Å². The Morgan fingerprint density at radius 2 is 2.23 bits per heavy atom. The normalized spacial score (nSPS) is 12.8. The number of allylic oxidation sites excluding steroid dienone is 1. The first-order valence-electron chi connectivity index (χ1n) is 3.80. The summed E-state index contributed by atoms with van der Waals surface area (Å²) in [5.74, 6) is -0.986. The monoisotopic (exact) mass is 203 g/mol. The first-order chi connectivity index (χ1) is 6.07. The lowest BCUT2D eigenvalue weighted by atomic mass is 10.3. The molecule has 0 bridgehead atoms. The molecule has 0 fully saturated rings. The van der Waals surface area contributed by atoms with Gasteiger partial charge >= 0.3 is 5.97 Å². The van der Waals surface area contributed by atoms with Gasteiger partial charge in [-0.05, 0) is 12.3 Å². The van der Waals surface area contributed by atoms with Crippen LogP contribution in [0.1, 0.15) is 13.8 Å². The van der Waals surface area contributed by atoms with Gasteiger partial charge in [-0.2, -0.15) is 0 Å². The number of hydrogen-bond donors (Lipinski definition) is 2. The Kier molecular flexibility index (Phi) is 6.05. The molecule has 2 N–H and O–H groups in total. The second-order valence-electron chi connectivity index (χ2n) is 2.39. The zero-order chi connectivity index (χ0) is 10.3. The molecule has 0 saturated carbocycles. The molecule has 5 heteroatoms. The third-order valence-electron chi connectivity index (χ3n) is 1.17. The Morgan fingerprint density at radius 3 is 2.62 bits per heavy atom. The molecule has 13 heavy (non-hydrogen) atoms. The molecule has 0 heterocycles. The number of thioether (sulfide) groups is 1. The van der Waals surface area contributed by atoms with Crippen LogP contribution in [0.3, 0.4) is 0 Å². The summed E-state index contributed by atoms with van der Waals surface area (Å²) in [4.78, 5) is 21.2. The number of rotatable bonds is 5. The van der Waals surface area contributed by atoms with Crippen molar-refractivity contribution in [1.29, 1.82) is 0 Å². The summed E-state index contributed by atoms with van der Waals surface area (Å²) in [6.45, 7) is 3.15. The summed E-state index contributed by atoms with van der Waals surface area (Å²) in [6.07, 6.45) is 1.82. The summed E-state index contributed by atoms with van der Waals surface area (Å²) in [5, 5.41) is 12.8. The van der Waals surface area contributed by atoms with E-state index in [4.69, 9.17) is 5.11 Å². The number of carbonyl (C=O) groups is 2. The number of amides is 1. The van der Waals surface area contributed by atoms with Gasteiger partial charge in [0, 0.05) is 12.7 Å². The van der Waals surface area contributed by atoms with Crippen LogP contribution in [0.25, 0.3) is 0 Å². The summed E-state index contributed by atoms with van der Waals surface area (Å²) in [7, 11) is 0. The standard InChI is InChI=1S/C8H13NO3S/c1-3-4-13-5-7(8(11)12)9-6(2)10/h3-4,7H,5H2,1-2H3,(H,9,10)(H,11,12)/t7-/m0/s1. The topological polar surface area (TPSA) is 66.4 Å². The minimum absolute atomic E-state index is 0.325. The molecule has 0 aromatic carbocycles. The molecule has 0 spiro atoms. The summed E-state index contributed by atoms with van der Waals surface area (Å²) >= 11 is 1.36. The minimum atomic E-state index is -1.01. The van der Waals surface area contributed by atoms with Gasteiger partial charge in [0.15, 0.2) is 0 Å². The Morgan fingerprint density at radius 1 is 1.62 bits per heavy atom. The van der Waals surface area contributed by atoms with Crippen molar-refractivity contribution in [2.45, 2.75) is 19.9 Å². The first-order valence-corrected chi connectivity index (χ1v) is 4.85. The van der Waals surface area contributed by atoms with Crippen LogP contribution in [-0.4, -0.2) is 28.8 Å². The highest BCUT2D eigenvalue weighted by Crippen LogP contribution is 2.04. The molecule has 1 amide bonds. The molecule has 0 aliphatic heterocycles. The van der Waals surface area contributed by atoms with Crippen LogP contribution in [0.2, 0.25) is 0 Å². The van der Waals surface area contributed by atoms with Crippen LogP contribution in [0, 0.1) is 0 Å². The van der Waals surface area contributed by atoms with Gasteiger partial charge in [-0.25, -0.2) is 4.79 Å². The lowest BCUT2D eigenvalue weighted by Crippen LogP contribution is -2.41. The molecule has 0 saturated heterocycles. The molecule has 4 nitrogen and oxygen atoms in total.